The van der Waals surface area contributed by atoms with Gasteiger partial charge in [0.15, 0.2) is 26.5 Å². The van der Waals surface area contributed by atoms with E-state index in [2.05, 4.69) is 54.3 Å². The first-order chi connectivity index (χ1) is 20.0. The number of rotatable bonds is 11. The molecule has 1 aliphatic rings. The van der Waals surface area contributed by atoms with Gasteiger partial charge in [-0.25, -0.2) is 18.4 Å². The second-order valence-corrected chi connectivity index (χ2v) is 12.5. The van der Waals surface area contributed by atoms with Crippen LogP contribution in [0.4, 0.5) is 34.6 Å². The van der Waals surface area contributed by atoms with Crippen LogP contribution in [0.3, 0.4) is 0 Å². The average Bonchev–Trinajstić information content (AvgIpc) is 2.96. The highest BCUT2D eigenvalue weighted by Gasteiger charge is 2.26. The normalized spacial score (nSPS) is 14.0. The minimum absolute atomic E-state index is 0.117. The van der Waals surface area contributed by atoms with Gasteiger partial charge in [-0.05, 0) is 52.1 Å². The van der Waals surface area contributed by atoms with Gasteiger partial charge in [-0.1, -0.05) is 18.2 Å². The van der Waals surface area contributed by atoms with Gasteiger partial charge in [0.2, 0.25) is 17.7 Å². The Bertz CT molecular complexity index is 1560. The molecule has 42 heavy (non-hydrogen) atoms. The van der Waals surface area contributed by atoms with Crippen molar-refractivity contribution in [3.05, 3.63) is 48.3 Å². The predicted molar refractivity (Wildman–Crippen MR) is 164 cm³/mol. The maximum atomic E-state index is 12.9. The number of aromatic nitrogens is 4. The van der Waals surface area contributed by atoms with E-state index >= 15 is 0 Å². The number of ether oxygens (including phenoxy) is 1. The smallest absolute Gasteiger partial charge is 0.247 e. The third-order valence-corrected chi connectivity index (χ3v) is 8.78. The number of likely N-dealkylation sites (N-methyl/N-ethyl adjacent to an activating group) is 1. The molecular weight excluding hydrogens is 582 g/mol. The van der Waals surface area contributed by atoms with Gasteiger partial charge in [-0.3, -0.25) is 4.79 Å². The number of nitrogens with zero attached hydrogens (tertiary/aromatic N) is 6. The van der Waals surface area contributed by atoms with Gasteiger partial charge in [0.25, 0.3) is 0 Å². The lowest BCUT2D eigenvalue weighted by Gasteiger charge is -2.34. The molecule has 0 radical (unpaired) electrons. The SMILES string of the molecule is C=CC(=O)Nc1cc(Nc2ncc(Cl)c(Nc3cccnc3S(=O)(=O)C(C)C)n2)c(OCC)nc1N1CCN(C)CC1. The fraction of sp³-hybridized carbons (Fsp3) is 0.370. The fourth-order valence-corrected chi connectivity index (χ4v) is 5.28. The van der Waals surface area contributed by atoms with Crippen LogP contribution < -0.4 is 25.6 Å². The van der Waals surface area contributed by atoms with Gasteiger partial charge in [0.05, 0.1) is 29.4 Å². The van der Waals surface area contributed by atoms with Gasteiger partial charge >= 0.3 is 0 Å². The molecule has 1 aliphatic heterocycles. The van der Waals surface area contributed by atoms with Crippen LogP contribution in [0.2, 0.25) is 5.02 Å². The maximum absolute atomic E-state index is 12.9. The summed E-state index contributed by atoms with van der Waals surface area (Å²) in [7, 11) is -1.64. The van der Waals surface area contributed by atoms with Crippen molar-refractivity contribution in [3.63, 3.8) is 0 Å². The molecule has 3 aromatic heterocycles. The Hall–Kier alpha value is -4.01. The van der Waals surface area contributed by atoms with Gasteiger partial charge in [0, 0.05) is 32.4 Å². The monoisotopic (exact) mass is 615 g/mol. The molecular formula is C27H34ClN9O4S. The van der Waals surface area contributed by atoms with Crippen LogP contribution in [0.25, 0.3) is 0 Å². The molecule has 224 valence electrons. The van der Waals surface area contributed by atoms with Crippen molar-refractivity contribution in [1.82, 2.24) is 24.8 Å². The molecule has 0 atom stereocenters. The summed E-state index contributed by atoms with van der Waals surface area (Å²) in [6.07, 6.45) is 3.97. The van der Waals surface area contributed by atoms with E-state index in [1.807, 2.05) is 6.92 Å². The van der Waals surface area contributed by atoms with Crippen molar-refractivity contribution < 1.29 is 17.9 Å². The predicted octanol–water partition coefficient (Wildman–Crippen LogP) is 3.86. The zero-order valence-electron chi connectivity index (χ0n) is 23.9. The Morgan fingerprint density at radius 2 is 1.88 bits per heavy atom. The van der Waals surface area contributed by atoms with Crippen LogP contribution in [0.5, 0.6) is 5.88 Å². The van der Waals surface area contributed by atoms with E-state index in [1.54, 1.807) is 32.0 Å². The van der Waals surface area contributed by atoms with Crippen molar-refractivity contribution in [1.29, 1.82) is 0 Å². The quantitative estimate of drug-likeness (QED) is 0.268. The Labute approximate surface area is 250 Å². The van der Waals surface area contributed by atoms with Crippen LogP contribution >= 0.6 is 11.6 Å². The lowest BCUT2D eigenvalue weighted by molar-refractivity contribution is -0.111. The zero-order valence-corrected chi connectivity index (χ0v) is 25.5. The van der Waals surface area contributed by atoms with E-state index in [-0.39, 0.29) is 39.3 Å². The molecule has 0 saturated carbocycles. The van der Waals surface area contributed by atoms with E-state index < -0.39 is 15.1 Å². The molecule has 15 heteroatoms. The first kappa shape index (κ1) is 30.9. The van der Waals surface area contributed by atoms with Crippen molar-refractivity contribution in [3.8, 4) is 5.88 Å². The van der Waals surface area contributed by atoms with Crippen LogP contribution in [-0.4, -0.2) is 84.2 Å². The number of hydrogen-bond donors (Lipinski definition) is 3. The summed E-state index contributed by atoms with van der Waals surface area (Å²) in [5, 5.41) is 8.27. The molecule has 0 spiro atoms. The van der Waals surface area contributed by atoms with E-state index in [4.69, 9.17) is 21.3 Å². The number of piperazine rings is 1. The van der Waals surface area contributed by atoms with Gasteiger partial charge < -0.3 is 30.5 Å². The summed E-state index contributed by atoms with van der Waals surface area (Å²) < 4.78 is 31.6. The molecule has 1 amide bonds. The minimum Gasteiger partial charge on any atom is -0.476 e. The van der Waals surface area contributed by atoms with Crippen molar-refractivity contribution in [2.24, 2.45) is 0 Å². The number of carbonyl (C=O) groups excluding carboxylic acids is 1. The molecule has 0 unspecified atom stereocenters. The highest BCUT2D eigenvalue weighted by atomic mass is 35.5. The molecule has 4 rings (SSSR count). The van der Waals surface area contributed by atoms with E-state index in [0.717, 1.165) is 26.2 Å². The Kier molecular flexibility index (Phi) is 9.81. The topological polar surface area (TPSA) is 155 Å². The Balaban J connectivity index is 1.71. The van der Waals surface area contributed by atoms with Gasteiger partial charge in [0.1, 0.15) is 10.7 Å². The Morgan fingerprint density at radius 1 is 1.14 bits per heavy atom. The lowest BCUT2D eigenvalue weighted by atomic mass is 10.2. The molecule has 1 fully saturated rings. The summed E-state index contributed by atoms with van der Waals surface area (Å²) in [5.41, 5.74) is 1.08. The molecule has 0 aromatic carbocycles. The summed E-state index contributed by atoms with van der Waals surface area (Å²) >= 11 is 6.39. The highest BCUT2D eigenvalue weighted by molar-refractivity contribution is 7.92. The first-order valence-electron chi connectivity index (χ1n) is 13.3. The number of anilines is 6. The number of hydrogen-bond acceptors (Lipinski definition) is 12. The van der Waals surface area contributed by atoms with Crippen molar-refractivity contribution in [2.75, 3.05) is 60.7 Å². The molecule has 0 bridgehead atoms. The van der Waals surface area contributed by atoms with Crippen LogP contribution in [0.1, 0.15) is 20.8 Å². The number of sulfone groups is 1. The molecule has 4 heterocycles. The van der Waals surface area contributed by atoms with Crippen LogP contribution in [-0.2, 0) is 14.6 Å². The van der Waals surface area contributed by atoms with E-state index in [1.165, 1.54) is 18.5 Å². The standard InChI is InChI=1S/C27H34ClN9O4S/c1-6-22(38)31-20-15-21(25(41-7-2)35-24(20)37-13-11-36(5)12-14-37)33-27-30-16-18(28)23(34-27)32-19-9-8-10-29-26(19)42(39,40)17(3)4/h6,8-10,15-17H,1,7,11-14H2,2-5H3,(H,31,38)(H2,30,32,33,34). The number of carbonyl (C=O) groups is 1. The van der Waals surface area contributed by atoms with Crippen molar-refractivity contribution in [2.45, 2.75) is 31.0 Å². The van der Waals surface area contributed by atoms with Crippen LogP contribution in [0.15, 0.2) is 48.3 Å². The molecule has 0 aliphatic carbocycles. The summed E-state index contributed by atoms with van der Waals surface area (Å²) in [6, 6.07) is 4.89. The van der Waals surface area contributed by atoms with Gasteiger partial charge in [-0.15, -0.1) is 0 Å². The number of pyridine rings is 2. The molecule has 3 aromatic rings. The largest absolute Gasteiger partial charge is 0.476 e. The Morgan fingerprint density at radius 3 is 2.55 bits per heavy atom. The summed E-state index contributed by atoms with van der Waals surface area (Å²) in [6.45, 7) is 12.0. The third-order valence-electron chi connectivity index (χ3n) is 6.40. The minimum atomic E-state index is -3.69. The summed E-state index contributed by atoms with van der Waals surface area (Å²) in [5.74, 6) is 0.744. The molecule has 3 N–H and O–H groups in total. The van der Waals surface area contributed by atoms with Crippen LogP contribution in [0, 0.1) is 0 Å². The zero-order chi connectivity index (χ0) is 30.4. The fourth-order valence-electron chi connectivity index (χ4n) is 4.06. The molecule has 13 nitrogen and oxygen atoms in total. The second kappa shape index (κ2) is 13.3. The lowest BCUT2D eigenvalue weighted by Crippen LogP contribution is -2.45. The highest BCUT2D eigenvalue weighted by Crippen LogP contribution is 2.36. The third kappa shape index (κ3) is 7.06. The number of halogens is 1. The van der Waals surface area contributed by atoms with E-state index in [9.17, 15) is 13.2 Å². The number of nitrogens with one attached hydrogen (secondary N) is 3. The van der Waals surface area contributed by atoms with Gasteiger partial charge in [-0.2, -0.15) is 9.97 Å². The first-order valence-corrected chi connectivity index (χ1v) is 15.3. The second-order valence-electron chi connectivity index (χ2n) is 9.72. The number of amides is 1. The summed E-state index contributed by atoms with van der Waals surface area (Å²) in [4.78, 5) is 34.2. The average molecular weight is 616 g/mol. The maximum Gasteiger partial charge on any atom is 0.247 e. The van der Waals surface area contributed by atoms with Crippen molar-refractivity contribution >= 4 is 62.0 Å². The van der Waals surface area contributed by atoms with E-state index in [0.29, 0.717) is 23.8 Å². The molecule has 1 saturated heterocycles.